The van der Waals surface area contributed by atoms with E-state index in [2.05, 4.69) is 25.9 Å². The van der Waals surface area contributed by atoms with E-state index in [4.69, 9.17) is 0 Å². The molecule has 11 heteroatoms. The Kier molecular flexibility index (Phi) is 8.67. The molecule has 35 heavy (non-hydrogen) atoms. The van der Waals surface area contributed by atoms with Crippen molar-refractivity contribution in [3.63, 3.8) is 0 Å². The Morgan fingerprint density at radius 2 is 1.80 bits per heavy atom. The SMILES string of the molecule is C[C@@H](NC(=O)C1CCC(F)(F)CC1)C(=O)N[C@H](Cc1ccccc1)C(=O)C(=O)NCc1cnc[nH]1. The van der Waals surface area contributed by atoms with Crippen LogP contribution in [-0.4, -0.2) is 51.5 Å². The molecule has 1 aromatic carbocycles. The molecule has 1 aliphatic carbocycles. The number of nitrogens with one attached hydrogen (secondary N) is 4. The van der Waals surface area contributed by atoms with Gasteiger partial charge in [0.15, 0.2) is 0 Å². The van der Waals surface area contributed by atoms with Crippen LogP contribution < -0.4 is 16.0 Å². The van der Waals surface area contributed by atoms with E-state index in [0.717, 1.165) is 5.56 Å². The normalized spacial score (nSPS) is 17.1. The van der Waals surface area contributed by atoms with Gasteiger partial charge in [-0.15, -0.1) is 0 Å². The molecule has 188 valence electrons. The molecule has 9 nitrogen and oxygen atoms in total. The van der Waals surface area contributed by atoms with Gasteiger partial charge in [0.2, 0.25) is 23.5 Å². The van der Waals surface area contributed by atoms with Crippen molar-refractivity contribution in [1.82, 2.24) is 25.9 Å². The molecule has 1 fully saturated rings. The van der Waals surface area contributed by atoms with Crippen LogP contribution in [0.2, 0.25) is 0 Å². The van der Waals surface area contributed by atoms with Crippen molar-refractivity contribution in [2.75, 3.05) is 0 Å². The third-order valence-corrected chi connectivity index (χ3v) is 5.97. The van der Waals surface area contributed by atoms with E-state index < -0.39 is 47.4 Å². The van der Waals surface area contributed by atoms with E-state index in [-0.39, 0.29) is 38.6 Å². The number of carbonyl (C=O) groups is 4. The molecule has 3 rings (SSSR count). The number of alkyl halides is 2. The molecule has 1 saturated carbocycles. The Balaban J connectivity index is 1.61. The zero-order chi connectivity index (χ0) is 25.4. The van der Waals surface area contributed by atoms with Gasteiger partial charge in [0.1, 0.15) is 12.1 Å². The molecule has 4 N–H and O–H groups in total. The lowest BCUT2D eigenvalue weighted by atomic mass is 9.86. The number of rotatable bonds is 10. The van der Waals surface area contributed by atoms with Crippen molar-refractivity contribution in [2.24, 2.45) is 5.92 Å². The second-order valence-electron chi connectivity index (χ2n) is 8.74. The van der Waals surface area contributed by atoms with Gasteiger partial charge in [-0.25, -0.2) is 13.8 Å². The van der Waals surface area contributed by atoms with Gasteiger partial charge in [-0.05, 0) is 25.3 Å². The number of hydrogen-bond donors (Lipinski definition) is 4. The number of carbonyl (C=O) groups excluding carboxylic acids is 4. The van der Waals surface area contributed by atoms with Crippen molar-refractivity contribution in [2.45, 2.75) is 63.6 Å². The van der Waals surface area contributed by atoms with E-state index in [1.54, 1.807) is 30.3 Å². The van der Waals surface area contributed by atoms with E-state index in [0.29, 0.717) is 5.69 Å². The van der Waals surface area contributed by atoms with Crippen molar-refractivity contribution in [3.05, 3.63) is 54.1 Å². The fourth-order valence-corrected chi connectivity index (χ4v) is 3.86. The minimum Gasteiger partial charge on any atom is -0.347 e. The zero-order valence-electron chi connectivity index (χ0n) is 19.4. The van der Waals surface area contributed by atoms with Gasteiger partial charge in [-0.1, -0.05) is 30.3 Å². The molecule has 1 heterocycles. The number of benzene rings is 1. The van der Waals surface area contributed by atoms with Crippen LogP contribution in [0.4, 0.5) is 8.78 Å². The Bertz CT molecular complexity index is 1020. The number of imidazole rings is 1. The molecule has 0 unspecified atom stereocenters. The first kappa shape index (κ1) is 26.0. The zero-order valence-corrected chi connectivity index (χ0v) is 19.4. The molecule has 0 saturated heterocycles. The molecule has 1 aromatic heterocycles. The lowest BCUT2D eigenvalue weighted by molar-refractivity contribution is -0.140. The van der Waals surface area contributed by atoms with Crippen LogP contribution in [0, 0.1) is 5.92 Å². The maximum absolute atomic E-state index is 13.4. The molecular weight excluding hydrogens is 460 g/mol. The second kappa shape index (κ2) is 11.7. The highest BCUT2D eigenvalue weighted by Gasteiger charge is 2.38. The summed E-state index contributed by atoms with van der Waals surface area (Å²) in [5.41, 5.74) is 1.33. The summed E-state index contributed by atoms with van der Waals surface area (Å²) in [6, 6.07) is 6.68. The van der Waals surface area contributed by atoms with Crippen LogP contribution in [0.3, 0.4) is 0 Å². The maximum Gasteiger partial charge on any atom is 0.289 e. The molecule has 0 spiro atoms. The van der Waals surface area contributed by atoms with Crippen molar-refractivity contribution >= 4 is 23.5 Å². The second-order valence-corrected chi connectivity index (χ2v) is 8.74. The fourth-order valence-electron chi connectivity index (χ4n) is 3.86. The van der Waals surface area contributed by atoms with Crippen molar-refractivity contribution in [3.8, 4) is 0 Å². The first-order chi connectivity index (χ1) is 16.6. The van der Waals surface area contributed by atoms with E-state index in [1.807, 2.05) is 0 Å². The number of nitrogens with zero attached hydrogens (tertiary/aromatic N) is 1. The largest absolute Gasteiger partial charge is 0.347 e. The first-order valence-corrected chi connectivity index (χ1v) is 11.5. The van der Waals surface area contributed by atoms with Gasteiger partial charge in [-0.3, -0.25) is 19.2 Å². The van der Waals surface area contributed by atoms with Crippen LogP contribution in [0.25, 0.3) is 0 Å². The van der Waals surface area contributed by atoms with Crippen LogP contribution in [-0.2, 0) is 32.1 Å². The number of halogens is 2. The number of Topliss-reactive ketones (excluding diaryl/α,β-unsaturated/α-hetero) is 1. The van der Waals surface area contributed by atoms with E-state index in [9.17, 15) is 28.0 Å². The first-order valence-electron chi connectivity index (χ1n) is 11.5. The number of hydrogen-bond acceptors (Lipinski definition) is 5. The standard InChI is InChI=1S/C24H29F2N5O4/c1-15(30-22(34)17-7-9-24(25,26)10-8-17)21(33)31-19(11-16-5-3-2-4-6-16)20(32)23(35)28-13-18-12-27-14-29-18/h2-6,12,14-15,17,19H,7-11,13H2,1H3,(H,27,29)(H,28,35)(H,30,34)(H,31,33)/t15-,19-/m1/s1. The molecule has 0 bridgehead atoms. The highest BCUT2D eigenvalue weighted by Crippen LogP contribution is 2.36. The predicted octanol–water partition coefficient (Wildman–Crippen LogP) is 1.65. The monoisotopic (exact) mass is 489 g/mol. The minimum atomic E-state index is -2.76. The fraction of sp³-hybridized carbons (Fsp3) is 0.458. The average Bonchev–Trinajstić information content (AvgIpc) is 3.35. The Morgan fingerprint density at radius 3 is 2.43 bits per heavy atom. The third-order valence-electron chi connectivity index (χ3n) is 5.97. The van der Waals surface area contributed by atoms with Gasteiger partial charge >= 0.3 is 0 Å². The summed E-state index contributed by atoms with van der Waals surface area (Å²) in [7, 11) is 0. The topological polar surface area (TPSA) is 133 Å². The smallest absolute Gasteiger partial charge is 0.289 e. The number of aromatic amines is 1. The van der Waals surface area contributed by atoms with E-state index in [1.165, 1.54) is 19.4 Å². The van der Waals surface area contributed by atoms with Crippen LogP contribution in [0.1, 0.15) is 43.9 Å². The lowest BCUT2D eigenvalue weighted by Crippen LogP contribution is -2.54. The molecule has 2 aromatic rings. The van der Waals surface area contributed by atoms with Crippen LogP contribution in [0.5, 0.6) is 0 Å². The van der Waals surface area contributed by atoms with Gasteiger partial charge in [0, 0.05) is 31.4 Å². The maximum atomic E-state index is 13.4. The van der Waals surface area contributed by atoms with Crippen molar-refractivity contribution in [1.29, 1.82) is 0 Å². The summed E-state index contributed by atoms with van der Waals surface area (Å²) in [5.74, 6) is -6.21. The predicted molar refractivity (Wildman–Crippen MR) is 122 cm³/mol. The number of H-pyrrole nitrogens is 1. The Morgan fingerprint density at radius 1 is 1.11 bits per heavy atom. The summed E-state index contributed by atoms with van der Waals surface area (Å²) >= 11 is 0. The lowest BCUT2D eigenvalue weighted by Gasteiger charge is -2.28. The van der Waals surface area contributed by atoms with Gasteiger partial charge in [-0.2, -0.15) is 0 Å². The summed E-state index contributed by atoms with van der Waals surface area (Å²) in [6.07, 6.45) is 2.36. The van der Waals surface area contributed by atoms with Crippen LogP contribution >= 0.6 is 0 Å². The third kappa shape index (κ3) is 7.69. The molecule has 0 radical (unpaired) electrons. The molecule has 1 aliphatic rings. The highest BCUT2D eigenvalue weighted by atomic mass is 19.3. The van der Waals surface area contributed by atoms with Gasteiger partial charge in [0.25, 0.3) is 5.91 Å². The van der Waals surface area contributed by atoms with Crippen LogP contribution in [0.15, 0.2) is 42.9 Å². The summed E-state index contributed by atoms with van der Waals surface area (Å²) in [5, 5.41) is 7.59. The quantitative estimate of drug-likeness (QED) is 0.377. The Hall–Kier alpha value is -3.63. The number of ketones is 1. The number of amides is 3. The highest BCUT2D eigenvalue weighted by molar-refractivity contribution is 6.38. The summed E-state index contributed by atoms with van der Waals surface area (Å²) < 4.78 is 26.7. The molecule has 0 aliphatic heterocycles. The van der Waals surface area contributed by atoms with E-state index >= 15 is 0 Å². The van der Waals surface area contributed by atoms with Crippen molar-refractivity contribution < 1.29 is 28.0 Å². The molecule has 3 amide bonds. The minimum absolute atomic E-state index is 0.0405. The van der Waals surface area contributed by atoms with Gasteiger partial charge in [0.05, 0.1) is 18.6 Å². The Labute approximate surface area is 201 Å². The number of aromatic nitrogens is 2. The molecular formula is C24H29F2N5O4. The molecule has 2 atom stereocenters. The summed E-state index contributed by atoms with van der Waals surface area (Å²) in [6.45, 7) is 1.50. The van der Waals surface area contributed by atoms with Gasteiger partial charge < -0.3 is 20.9 Å². The summed E-state index contributed by atoms with van der Waals surface area (Å²) in [4.78, 5) is 57.3. The average molecular weight is 490 g/mol.